The molecule has 0 bridgehead atoms. The van der Waals surface area contributed by atoms with Crippen LogP contribution in [-0.4, -0.2) is 37.2 Å². The van der Waals surface area contributed by atoms with Crippen LogP contribution in [0.25, 0.3) is 0 Å². The van der Waals surface area contributed by atoms with Crippen LogP contribution in [-0.2, 0) is 28.6 Å². The number of carbonyl (C=O) groups is 3. The molecular weight excluding hydrogens is 973 g/mol. The number of allylic oxidation sites excluding steroid dienone is 10. The summed E-state index contributed by atoms with van der Waals surface area (Å²) < 4.78 is 16.8. The largest absolute Gasteiger partial charge is 0.462 e. The van der Waals surface area contributed by atoms with E-state index < -0.39 is 6.10 Å². The van der Waals surface area contributed by atoms with Gasteiger partial charge in [0.2, 0.25) is 0 Å². The van der Waals surface area contributed by atoms with Gasteiger partial charge in [0.05, 0.1) is 0 Å². The molecule has 0 aliphatic carbocycles. The van der Waals surface area contributed by atoms with Gasteiger partial charge in [-0.3, -0.25) is 14.4 Å². The highest BCUT2D eigenvalue weighted by atomic mass is 16.6. The van der Waals surface area contributed by atoms with Gasteiger partial charge in [0.1, 0.15) is 13.2 Å². The van der Waals surface area contributed by atoms with Crippen LogP contribution >= 0.6 is 0 Å². The Morgan fingerprint density at radius 2 is 0.519 bits per heavy atom. The lowest BCUT2D eigenvalue weighted by molar-refractivity contribution is -0.166. The average Bonchev–Trinajstić information content (AvgIpc) is 3.45. The van der Waals surface area contributed by atoms with Crippen LogP contribution in [0.2, 0.25) is 0 Å². The molecule has 0 saturated carbocycles. The van der Waals surface area contributed by atoms with Crippen LogP contribution in [0.5, 0.6) is 0 Å². The van der Waals surface area contributed by atoms with E-state index in [2.05, 4.69) is 75.5 Å². The lowest BCUT2D eigenvalue weighted by Crippen LogP contribution is -2.30. The third kappa shape index (κ3) is 65.8. The van der Waals surface area contributed by atoms with Crippen molar-refractivity contribution in [1.82, 2.24) is 0 Å². The molecule has 0 radical (unpaired) electrons. The highest BCUT2D eigenvalue weighted by Gasteiger charge is 2.19. The van der Waals surface area contributed by atoms with Crippen molar-refractivity contribution in [2.24, 2.45) is 0 Å². The Balaban J connectivity index is 4.04. The molecule has 6 heteroatoms. The highest BCUT2D eigenvalue weighted by Crippen LogP contribution is 2.18. The lowest BCUT2D eigenvalue weighted by atomic mass is 10.0. The first-order valence-electron chi connectivity index (χ1n) is 34.8. The first kappa shape index (κ1) is 76.1. The molecule has 0 amide bonds. The molecular formula is C73H132O6. The number of hydrogen-bond acceptors (Lipinski definition) is 6. The second-order valence-electron chi connectivity index (χ2n) is 23.4. The summed E-state index contributed by atoms with van der Waals surface area (Å²) in [4.78, 5) is 38.2. The molecule has 1 atom stereocenters. The summed E-state index contributed by atoms with van der Waals surface area (Å²) in [5, 5.41) is 0. The van der Waals surface area contributed by atoms with Crippen molar-refractivity contribution in [1.29, 1.82) is 0 Å². The van der Waals surface area contributed by atoms with Gasteiger partial charge in [0.15, 0.2) is 6.10 Å². The van der Waals surface area contributed by atoms with Gasteiger partial charge in [-0.2, -0.15) is 0 Å². The smallest absolute Gasteiger partial charge is 0.306 e. The minimum absolute atomic E-state index is 0.102. The van der Waals surface area contributed by atoms with Crippen LogP contribution in [0, 0.1) is 0 Å². The van der Waals surface area contributed by atoms with E-state index >= 15 is 0 Å². The Morgan fingerprint density at radius 3 is 0.835 bits per heavy atom. The van der Waals surface area contributed by atoms with Crippen LogP contribution in [0.15, 0.2) is 60.8 Å². The Hall–Kier alpha value is -2.89. The van der Waals surface area contributed by atoms with Crippen LogP contribution in [0.1, 0.15) is 367 Å². The molecule has 6 nitrogen and oxygen atoms in total. The summed E-state index contributed by atoms with van der Waals surface area (Å²) in [6.45, 7) is 6.49. The van der Waals surface area contributed by atoms with Gasteiger partial charge in [0.25, 0.3) is 0 Å². The SMILES string of the molecule is CC/C=C\C/C=C\C/C=C\C/C=C\CCC(=O)OC(COC(=O)CCCCCCC/C=C\CCCCCC)COC(=O)CCCCCCCCCCCCCCCCCCCCCCCCCCCCCCCCCCCCC. The molecule has 0 N–H and O–H groups in total. The van der Waals surface area contributed by atoms with E-state index in [1.165, 1.54) is 250 Å². The van der Waals surface area contributed by atoms with Crippen molar-refractivity contribution in [3.8, 4) is 0 Å². The fraction of sp³-hybridized carbons (Fsp3) is 0.822. The first-order valence-corrected chi connectivity index (χ1v) is 34.8. The summed E-state index contributed by atoms with van der Waals surface area (Å²) in [6.07, 6.45) is 87.3. The normalized spacial score (nSPS) is 12.4. The van der Waals surface area contributed by atoms with E-state index in [9.17, 15) is 14.4 Å². The van der Waals surface area contributed by atoms with Crippen molar-refractivity contribution in [2.45, 2.75) is 374 Å². The molecule has 0 saturated heterocycles. The van der Waals surface area contributed by atoms with Crippen LogP contribution < -0.4 is 0 Å². The Labute approximate surface area is 491 Å². The van der Waals surface area contributed by atoms with Crippen molar-refractivity contribution in [3.63, 3.8) is 0 Å². The number of unbranched alkanes of at least 4 members (excludes halogenated alkanes) is 43. The summed E-state index contributed by atoms with van der Waals surface area (Å²) in [6, 6.07) is 0. The van der Waals surface area contributed by atoms with Crippen LogP contribution in [0.4, 0.5) is 0 Å². The van der Waals surface area contributed by atoms with E-state index in [1.54, 1.807) is 0 Å². The van der Waals surface area contributed by atoms with Gasteiger partial charge < -0.3 is 14.2 Å². The molecule has 0 spiro atoms. The van der Waals surface area contributed by atoms with Gasteiger partial charge in [-0.1, -0.05) is 338 Å². The number of rotatable bonds is 64. The third-order valence-corrected chi connectivity index (χ3v) is 15.5. The molecule has 0 fully saturated rings. The Bertz CT molecular complexity index is 1410. The van der Waals surface area contributed by atoms with Crippen molar-refractivity contribution < 1.29 is 28.6 Å². The van der Waals surface area contributed by atoms with Gasteiger partial charge in [-0.15, -0.1) is 0 Å². The van der Waals surface area contributed by atoms with Gasteiger partial charge in [-0.05, 0) is 70.6 Å². The average molecular weight is 1110 g/mol. The van der Waals surface area contributed by atoms with Gasteiger partial charge in [0, 0.05) is 19.3 Å². The molecule has 0 aromatic carbocycles. The van der Waals surface area contributed by atoms with Crippen molar-refractivity contribution in [3.05, 3.63) is 60.8 Å². The fourth-order valence-electron chi connectivity index (χ4n) is 10.3. The molecule has 0 aromatic rings. The van der Waals surface area contributed by atoms with E-state index in [1.807, 2.05) is 6.08 Å². The zero-order valence-corrected chi connectivity index (χ0v) is 52.9. The Kier molecular flexibility index (Phi) is 65.1. The van der Waals surface area contributed by atoms with Gasteiger partial charge >= 0.3 is 17.9 Å². The fourth-order valence-corrected chi connectivity index (χ4v) is 10.3. The predicted octanol–water partition coefficient (Wildman–Crippen LogP) is 23.9. The lowest BCUT2D eigenvalue weighted by Gasteiger charge is -2.18. The van der Waals surface area contributed by atoms with E-state index in [-0.39, 0.29) is 37.5 Å². The molecule has 460 valence electrons. The quantitative estimate of drug-likeness (QED) is 0.0261. The number of carbonyl (C=O) groups excluding carboxylic acids is 3. The minimum atomic E-state index is -0.814. The predicted molar refractivity (Wildman–Crippen MR) is 344 cm³/mol. The maximum Gasteiger partial charge on any atom is 0.306 e. The third-order valence-electron chi connectivity index (χ3n) is 15.5. The maximum absolute atomic E-state index is 12.8. The molecule has 0 heterocycles. The zero-order chi connectivity index (χ0) is 57.1. The summed E-state index contributed by atoms with van der Waals surface area (Å²) in [5.41, 5.74) is 0. The highest BCUT2D eigenvalue weighted by molar-refractivity contribution is 5.71. The van der Waals surface area contributed by atoms with E-state index in [0.717, 1.165) is 70.6 Å². The number of esters is 3. The number of hydrogen-bond donors (Lipinski definition) is 0. The maximum atomic E-state index is 12.8. The second-order valence-corrected chi connectivity index (χ2v) is 23.4. The van der Waals surface area contributed by atoms with Gasteiger partial charge in [-0.25, -0.2) is 0 Å². The Morgan fingerprint density at radius 1 is 0.266 bits per heavy atom. The molecule has 79 heavy (non-hydrogen) atoms. The van der Waals surface area contributed by atoms with E-state index in [4.69, 9.17) is 14.2 Å². The summed E-state index contributed by atoms with van der Waals surface area (Å²) in [5.74, 6) is -0.979. The first-order chi connectivity index (χ1) is 39.0. The topological polar surface area (TPSA) is 78.9 Å². The molecule has 1 unspecified atom stereocenters. The zero-order valence-electron chi connectivity index (χ0n) is 52.9. The van der Waals surface area contributed by atoms with Crippen LogP contribution in [0.3, 0.4) is 0 Å². The molecule has 0 aromatic heterocycles. The molecule has 0 aliphatic heterocycles. The molecule has 0 aliphatic rings. The summed E-state index contributed by atoms with van der Waals surface area (Å²) in [7, 11) is 0. The standard InChI is InChI=1S/C73H132O6/c1-4-7-10-13-16-19-22-25-26-27-28-29-30-31-32-33-34-35-36-37-38-39-40-41-42-43-44-45-46-49-51-54-57-60-63-66-72(75)78-69-70(79-73(76)67-64-61-58-55-52-48-24-21-18-15-12-9-6-3)68-77-71(74)65-62-59-56-53-50-47-23-20-17-14-11-8-5-2/h9,12,18,20-21,23,48,52,58,61,70H,4-8,10-11,13-17,19,22,24-47,49-51,53-57,59-60,62-69H2,1-3H3/b12-9-,21-18-,23-20-,52-48-,61-58-. The van der Waals surface area contributed by atoms with Crippen molar-refractivity contribution in [2.75, 3.05) is 13.2 Å². The van der Waals surface area contributed by atoms with E-state index in [0.29, 0.717) is 19.3 Å². The number of ether oxygens (including phenoxy) is 3. The monoisotopic (exact) mass is 1110 g/mol. The molecule has 0 rings (SSSR count). The second kappa shape index (κ2) is 67.6. The minimum Gasteiger partial charge on any atom is -0.462 e. The summed E-state index contributed by atoms with van der Waals surface area (Å²) >= 11 is 0. The van der Waals surface area contributed by atoms with Crippen molar-refractivity contribution >= 4 is 17.9 Å².